The molecule has 0 fully saturated rings. The van der Waals surface area contributed by atoms with Gasteiger partial charge in [-0.25, -0.2) is 5.43 Å². The largest absolute Gasteiger partial charge is 0.496 e. The number of aryl methyl sites for hydroxylation is 1. The molecule has 0 heterocycles. The number of benzene rings is 2. The van der Waals surface area contributed by atoms with Gasteiger partial charge in [0.25, 0.3) is 11.6 Å². The molecule has 0 bridgehead atoms. The second-order valence-corrected chi connectivity index (χ2v) is 4.70. The van der Waals surface area contributed by atoms with Gasteiger partial charge in [-0.05, 0) is 25.1 Å². The first-order chi connectivity index (χ1) is 11.0. The molecule has 0 atom stereocenters. The van der Waals surface area contributed by atoms with Gasteiger partial charge in [-0.1, -0.05) is 18.2 Å². The molecule has 0 unspecified atom stereocenters. The molecule has 23 heavy (non-hydrogen) atoms. The van der Waals surface area contributed by atoms with Gasteiger partial charge in [0.05, 0.1) is 18.2 Å². The van der Waals surface area contributed by atoms with Gasteiger partial charge >= 0.3 is 0 Å². The van der Waals surface area contributed by atoms with Crippen LogP contribution in [0.1, 0.15) is 21.5 Å². The average molecular weight is 313 g/mol. The Kier molecular flexibility index (Phi) is 5.03. The monoisotopic (exact) mass is 313 g/mol. The Morgan fingerprint density at radius 3 is 2.74 bits per heavy atom. The van der Waals surface area contributed by atoms with Crippen LogP contribution in [0, 0.1) is 17.0 Å². The summed E-state index contributed by atoms with van der Waals surface area (Å²) in [6.45, 7) is 1.61. The van der Waals surface area contributed by atoms with E-state index in [1.54, 1.807) is 19.1 Å². The zero-order chi connectivity index (χ0) is 16.8. The lowest BCUT2D eigenvalue weighted by molar-refractivity contribution is -0.385. The van der Waals surface area contributed by atoms with Gasteiger partial charge in [0, 0.05) is 22.8 Å². The molecule has 1 N–H and O–H groups in total. The molecule has 0 spiro atoms. The third-order valence-electron chi connectivity index (χ3n) is 3.18. The lowest BCUT2D eigenvalue weighted by atomic mass is 10.1. The maximum absolute atomic E-state index is 12.0. The van der Waals surface area contributed by atoms with Gasteiger partial charge in [-0.3, -0.25) is 14.9 Å². The van der Waals surface area contributed by atoms with E-state index >= 15 is 0 Å². The maximum Gasteiger partial charge on any atom is 0.273 e. The van der Waals surface area contributed by atoms with Gasteiger partial charge < -0.3 is 4.74 Å². The van der Waals surface area contributed by atoms with Crippen molar-refractivity contribution in [1.29, 1.82) is 0 Å². The van der Waals surface area contributed by atoms with Crippen molar-refractivity contribution < 1.29 is 14.5 Å². The van der Waals surface area contributed by atoms with Crippen LogP contribution in [0.25, 0.3) is 0 Å². The first kappa shape index (κ1) is 16.2. The summed E-state index contributed by atoms with van der Waals surface area (Å²) in [5.74, 6) is 0.0933. The van der Waals surface area contributed by atoms with Crippen molar-refractivity contribution in [3.63, 3.8) is 0 Å². The standard InChI is InChI=1S/C16H15N3O4/c1-11-7-8-12(9-14(11)19(21)22)16(20)18-17-10-13-5-3-4-6-15(13)23-2/h3-10H,1-2H3,(H,18,20). The number of para-hydroxylation sites is 1. The van der Waals surface area contributed by atoms with E-state index in [0.717, 1.165) is 0 Å². The molecule has 1 amide bonds. The predicted molar refractivity (Wildman–Crippen MR) is 85.9 cm³/mol. The average Bonchev–Trinajstić information content (AvgIpc) is 2.55. The summed E-state index contributed by atoms with van der Waals surface area (Å²) in [7, 11) is 1.54. The van der Waals surface area contributed by atoms with E-state index < -0.39 is 10.8 Å². The van der Waals surface area contributed by atoms with Crippen LogP contribution in [-0.4, -0.2) is 24.2 Å². The first-order valence-corrected chi connectivity index (χ1v) is 6.74. The maximum atomic E-state index is 12.0. The summed E-state index contributed by atoms with van der Waals surface area (Å²) < 4.78 is 5.16. The lowest BCUT2D eigenvalue weighted by Crippen LogP contribution is -2.17. The summed E-state index contributed by atoms with van der Waals surface area (Å²) in [5.41, 5.74) is 3.59. The fourth-order valence-corrected chi connectivity index (χ4v) is 1.95. The van der Waals surface area contributed by atoms with Crippen molar-refractivity contribution in [2.24, 2.45) is 5.10 Å². The number of hydrogen-bond donors (Lipinski definition) is 1. The van der Waals surface area contributed by atoms with Gasteiger partial charge in [0.15, 0.2) is 0 Å². The fourth-order valence-electron chi connectivity index (χ4n) is 1.95. The normalized spacial score (nSPS) is 10.5. The van der Waals surface area contributed by atoms with Crippen molar-refractivity contribution in [3.05, 3.63) is 69.3 Å². The first-order valence-electron chi connectivity index (χ1n) is 6.74. The van der Waals surface area contributed by atoms with Gasteiger partial charge in [0.1, 0.15) is 5.75 Å². The molecule has 0 saturated carbocycles. The minimum atomic E-state index is -0.528. The second kappa shape index (κ2) is 7.17. The molecule has 7 heteroatoms. The van der Waals surface area contributed by atoms with Crippen molar-refractivity contribution >= 4 is 17.8 Å². The number of amides is 1. The number of hydrazone groups is 1. The molecule has 7 nitrogen and oxygen atoms in total. The van der Waals surface area contributed by atoms with Crippen LogP contribution in [0.2, 0.25) is 0 Å². The number of nitrogens with one attached hydrogen (secondary N) is 1. The van der Waals surface area contributed by atoms with Gasteiger partial charge in [-0.15, -0.1) is 0 Å². The highest BCUT2D eigenvalue weighted by Crippen LogP contribution is 2.19. The molecular weight excluding hydrogens is 298 g/mol. The van der Waals surface area contributed by atoms with Crippen molar-refractivity contribution in [2.75, 3.05) is 7.11 Å². The number of carbonyl (C=O) groups excluding carboxylic acids is 1. The van der Waals surface area contributed by atoms with E-state index in [0.29, 0.717) is 16.9 Å². The molecule has 0 aliphatic heterocycles. The topological polar surface area (TPSA) is 93.8 Å². The van der Waals surface area contributed by atoms with E-state index in [1.165, 1.54) is 31.5 Å². The van der Waals surface area contributed by atoms with Crippen LogP contribution < -0.4 is 10.2 Å². The molecule has 0 aliphatic carbocycles. The molecule has 0 saturated heterocycles. The zero-order valence-corrected chi connectivity index (χ0v) is 12.6. The fraction of sp³-hybridized carbons (Fsp3) is 0.125. The van der Waals surface area contributed by atoms with Crippen molar-refractivity contribution in [1.82, 2.24) is 5.43 Å². The number of nitrogens with zero attached hydrogens (tertiary/aromatic N) is 2. The Hall–Kier alpha value is -3.22. The highest BCUT2D eigenvalue weighted by molar-refractivity contribution is 5.95. The minimum Gasteiger partial charge on any atom is -0.496 e. The number of ether oxygens (including phenoxy) is 1. The number of methoxy groups -OCH3 is 1. The Morgan fingerprint density at radius 1 is 1.30 bits per heavy atom. The van der Waals surface area contributed by atoms with Gasteiger partial charge in [-0.2, -0.15) is 5.10 Å². The third kappa shape index (κ3) is 3.91. The van der Waals surface area contributed by atoms with E-state index in [9.17, 15) is 14.9 Å². The lowest BCUT2D eigenvalue weighted by Gasteiger charge is -2.04. The Labute approximate surface area is 132 Å². The van der Waals surface area contributed by atoms with Gasteiger partial charge in [0.2, 0.25) is 0 Å². The highest BCUT2D eigenvalue weighted by atomic mass is 16.6. The zero-order valence-electron chi connectivity index (χ0n) is 12.6. The number of nitro benzene ring substituents is 1. The molecule has 118 valence electrons. The minimum absolute atomic E-state index is 0.105. The SMILES string of the molecule is COc1ccccc1C=NNC(=O)c1ccc(C)c([N+](=O)[O-])c1. The Balaban J connectivity index is 2.12. The molecule has 2 aromatic carbocycles. The van der Waals surface area contributed by atoms with Crippen LogP contribution in [0.5, 0.6) is 5.75 Å². The van der Waals surface area contributed by atoms with Crippen LogP contribution >= 0.6 is 0 Å². The number of nitro groups is 1. The van der Waals surface area contributed by atoms with E-state index in [4.69, 9.17) is 4.74 Å². The number of hydrogen-bond acceptors (Lipinski definition) is 5. The summed E-state index contributed by atoms with van der Waals surface area (Å²) in [5, 5.41) is 14.7. The Bertz CT molecular complexity index is 772. The molecular formula is C16H15N3O4. The summed E-state index contributed by atoms with van der Waals surface area (Å²) in [6, 6.07) is 11.4. The van der Waals surface area contributed by atoms with Crippen LogP contribution in [-0.2, 0) is 0 Å². The molecule has 0 aromatic heterocycles. The highest BCUT2D eigenvalue weighted by Gasteiger charge is 2.14. The second-order valence-electron chi connectivity index (χ2n) is 4.70. The van der Waals surface area contributed by atoms with Crippen LogP contribution in [0.3, 0.4) is 0 Å². The van der Waals surface area contributed by atoms with Crippen LogP contribution in [0.4, 0.5) is 5.69 Å². The smallest absolute Gasteiger partial charge is 0.273 e. The summed E-state index contributed by atoms with van der Waals surface area (Å²) >= 11 is 0. The van der Waals surface area contributed by atoms with Crippen LogP contribution in [0.15, 0.2) is 47.6 Å². The number of carbonyl (C=O) groups is 1. The molecule has 0 aliphatic rings. The van der Waals surface area contributed by atoms with E-state index in [2.05, 4.69) is 10.5 Å². The van der Waals surface area contributed by atoms with Crippen molar-refractivity contribution in [3.8, 4) is 5.75 Å². The predicted octanol–water partition coefficient (Wildman–Crippen LogP) is 2.68. The summed E-state index contributed by atoms with van der Waals surface area (Å²) in [4.78, 5) is 22.4. The quantitative estimate of drug-likeness (QED) is 0.521. The number of rotatable bonds is 5. The van der Waals surface area contributed by atoms with E-state index in [-0.39, 0.29) is 11.3 Å². The molecule has 2 rings (SSSR count). The third-order valence-corrected chi connectivity index (χ3v) is 3.18. The Morgan fingerprint density at radius 2 is 2.04 bits per heavy atom. The van der Waals surface area contributed by atoms with Crippen molar-refractivity contribution in [2.45, 2.75) is 6.92 Å². The molecule has 0 radical (unpaired) electrons. The summed E-state index contributed by atoms with van der Waals surface area (Å²) in [6.07, 6.45) is 1.44. The van der Waals surface area contributed by atoms with E-state index in [1.807, 2.05) is 12.1 Å². The molecule has 2 aromatic rings.